The first-order chi connectivity index (χ1) is 18.7. The minimum atomic E-state index is -0.389. The average Bonchev–Trinajstić information content (AvgIpc) is 3.77. The molecule has 9 nitrogen and oxygen atoms in total. The zero-order valence-corrected chi connectivity index (χ0v) is 23.8. The third-order valence-corrected chi connectivity index (χ3v) is 7.23. The van der Waals surface area contributed by atoms with E-state index in [0.717, 1.165) is 43.4 Å². The highest BCUT2D eigenvalue weighted by atomic mass is 16.5. The van der Waals surface area contributed by atoms with Gasteiger partial charge in [0.15, 0.2) is 11.5 Å². The Morgan fingerprint density at radius 1 is 1.18 bits per heavy atom. The number of ether oxygens (including phenoxy) is 1. The summed E-state index contributed by atoms with van der Waals surface area (Å²) < 4.78 is 5.94. The second kappa shape index (κ2) is 12.3. The van der Waals surface area contributed by atoms with Crippen LogP contribution in [0.4, 0.5) is 17.2 Å². The van der Waals surface area contributed by atoms with Crippen molar-refractivity contribution in [1.29, 1.82) is 0 Å². The van der Waals surface area contributed by atoms with Crippen LogP contribution in [0.1, 0.15) is 69.4 Å². The summed E-state index contributed by atoms with van der Waals surface area (Å²) in [4.78, 5) is 27.3. The lowest BCUT2D eigenvalue weighted by atomic mass is 9.93. The van der Waals surface area contributed by atoms with Gasteiger partial charge in [0.05, 0.1) is 18.5 Å². The van der Waals surface area contributed by atoms with Gasteiger partial charge in [-0.15, -0.1) is 10.2 Å². The number of para-hydroxylation sites is 1. The summed E-state index contributed by atoms with van der Waals surface area (Å²) in [5.74, 6) is 1.10. The monoisotopic (exact) mass is 532 g/mol. The number of carbonyl (C=O) groups is 2. The van der Waals surface area contributed by atoms with Gasteiger partial charge < -0.3 is 25.6 Å². The van der Waals surface area contributed by atoms with Gasteiger partial charge in [-0.2, -0.15) is 0 Å². The van der Waals surface area contributed by atoms with E-state index in [1.165, 1.54) is 12.6 Å². The lowest BCUT2D eigenvalue weighted by molar-refractivity contribution is -0.117. The fourth-order valence-corrected chi connectivity index (χ4v) is 4.91. The first-order valence-corrected chi connectivity index (χ1v) is 13.7. The van der Waals surface area contributed by atoms with E-state index in [4.69, 9.17) is 4.74 Å². The van der Waals surface area contributed by atoms with E-state index >= 15 is 0 Å². The van der Waals surface area contributed by atoms with Crippen LogP contribution in [-0.4, -0.2) is 53.7 Å². The Morgan fingerprint density at radius 2 is 1.95 bits per heavy atom. The van der Waals surface area contributed by atoms with E-state index < -0.39 is 0 Å². The summed E-state index contributed by atoms with van der Waals surface area (Å²) in [6.07, 6.45) is 8.48. The van der Waals surface area contributed by atoms with E-state index in [1.54, 1.807) is 13.2 Å². The van der Waals surface area contributed by atoms with Crippen LogP contribution in [0.2, 0.25) is 0 Å². The molecule has 2 aliphatic rings. The minimum Gasteiger partial charge on any atom is -0.494 e. The molecule has 2 amide bonds. The summed E-state index contributed by atoms with van der Waals surface area (Å²) in [5, 5.41) is 16.9. The van der Waals surface area contributed by atoms with E-state index in [1.807, 2.05) is 18.2 Å². The fraction of sp³-hybridized carbons (Fsp3) is 0.467. The number of anilines is 3. The third kappa shape index (κ3) is 6.58. The molecule has 1 fully saturated rings. The quantitative estimate of drug-likeness (QED) is 0.357. The molecule has 1 aliphatic heterocycles. The molecule has 0 radical (unpaired) electrons. The predicted octanol–water partition coefficient (Wildman–Crippen LogP) is 5.36. The van der Waals surface area contributed by atoms with Crippen LogP contribution in [0, 0.1) is 11.8 Å². The van der Waals surface area contributed by atoms with Crippen molar-refractivity contribution < 1.29 is 14.3 Å². The second-order valence-corrected chi connectivity index (χ2v) is 10.7. The molecule has 3 N–H and O–H groups in total. The Kier molecular flexibility index (Phi) is 8.89. The lowest BCUT2D eigenvalue weighted by Crippen LogP contribution is -2.33. The molecule has 1 saturated carbocycles. The molecule has 1 aromatic heterocycles. The Balaban J connectivity index is 1.70. The molecule has 1 aromatic carbocycles. The van der Waals surface area contributed by atoms with Gasteiger partial charge in [0.2, 0.25) is 5.91 Å². The van der Waals surface area contributed by atoms with Crippen LogP contribution < -0.4 is 20.7 Å². The smallest absolute Gasteiger partial charge is 0.273 e. The van der Waals surface area contributed by atoms with E-state index in [9.17, 15) is 9.59 Å². The lowest BCUT2D eigenvalue weighted by Gasteiger charge is -2.34. The number of hydrogen-bond acceptors (Lipinski definition) is 7. The maximum absolute atomic E-state index is 12.6. The Hall–Kier alpha value is -3.88. The molecule has 0 bridgehead atoms. The van der Waals surface area contributed by atoms with Crippen molar-refractivity contribution in [2.45, 2.75) is 59.4 Å². The molecular weight excluding hydrogens is 492 g/mol. The summed E-state index contributed by atoms with van der Waals surface area (Å²) in [7, 11) is 3.18. The molecule has 208 valence electrons. The topological polar surface area (TPSA) is 108 Å². The van der Waals surface area contributed by atoms with E-state index in [-0.39, 0.29) is 29.2 Å². The SMILES string of the molecule is CCC(CC(C)C)N1C=C(c2cccc(Nc3cc(NC(=O)C4CC4)nnc3C(=O)NC)c2OC)C(C)=CC1. The minimum absolute atomic E-state index is 0.0195. The highest BCUT2D eigenvalue weighted by molar-refractivity contribution is 6.00. The van der Waals surface area contributed by atoms with Crippen LogP contribution in [0.15, 0.2) is 42.1 Å². The van der Waals surface area contributed by atoms with Gasteiger partial charge in [0.25, 0.3) is 5.91 Å². The molecule has 1 aliphatic carbocycles. The van der Waals surface area contributed by atoms with Gasteiger partial charge in [0, 0.05) is 49.0 Å². The number of allylic oxidation sites excluding steroid dienone is 2. The number of methoxy groups -OCH3 is 1. The number of nitrogens with one attached hydrogen (secondary N) is 3. The standard InChI is InChI=1S/C30H40N6O3/c1-7-21(15-18(2)3)36-14-13-19(4)23(17-36)22-9-8-10-24(28(22)39-6)32-25-16-26(33-29(37)20-11-12-20)34-35-27(25)30(38)31-5/h8-10,13,16-18,20-21H,7,11-12,14-15H2,1-6H3,(H,31,38)(H2,32,33,34,37). The van der Waals surface area contributed by atoms with Crippen molar-refractivity contribution in [2.75, 3.05) is 31.3 Å². The molecular formula is C30H40N6O3. The van der Waals surface area contributed by atoms with Crippen LogP contribution in [0.25, 0.3) is 5.57 Å². The van der Waals surface area contributed by atoms with Gasteiger partial charge in [-0.1, -0.05) is 39.0 Å². The maximum Gasteiger partial charge on any atom is 0.273 e. The average molecular weight is 533 g/mol. The van der Waals surface area contributed by atoms with E-state index in [2.05, 4.69) is 71.0 Å². The highest BCUT2D eigenvalue weighted by Gasteiger charge is 2.30. The number of carbonyl (C=O) groups excluding carboxylic acids is 2. The van der Waals surface area contributed by atoms with Crippen LogP contribution in [0.3, 0.4) is 0 Å². The summed E-state index contributed by atoms with van der Waals surface area (Å²) in [5.41, 5.74) is 4.44. The summed E-state index contributed by atoms with van der Waals surface area (Å²) in [6, 6.07) is 7.99. The van der Waals surface area contributed by atoms with Crippen molar-refractivity contribution in [2.24, 2.45) is 11.8 Å². The normalized spacial score (nSPS) is 15.8. The van der Waals surface area contributed by atoms with Crippen LogP contribution in [-0.2, 0) is 4.79 Å². The summed E-state index contributed by atoms with van der Waals surface area (Å²) >= 11 is 0. The largest absolute Gasteiger partial charge is 0.494 e. The number of amides is 2. The number of benzene rings is 1. The van der Waals surface area contributed by atoms with Gasteiger partial charge in [-0.25, -0.2) is 0 Å². The predicted molar refractivity (Wildman–Crippen MR) is 155 cm³/mol. The van der Waals surface area contributed by atoms with Crippen LogP contribution in [0.5, 0.6) is 5.75 Å². The second-order valence-electron chi connectivity index (χ2n) is 10.7. The van der Waals surface area contributed by atoms with Gasteiger partial charge in [0.1, 0.15) is 5.75 Å². The first kappa shape index (κ1) is 28.1. The molecule has 4 rings (SSSR count). The highest BCUT2D eigenvalue weighted by Crippen LogP contribution is 2.40. The third-order valence-electron chi connectivity index (χ3n) is 7.23. The van der Waals surface area contributed by atoms with Gasteiger partial charge in [-0.05, 0) is 50.2 Å². The van der Waals surface area contributed by atoms with Crippen molar-refractivity contribution in [3.05, 3.63) is 53.4 Å². The number of aromatic nitrogens is 2. The molecule has 0 spiro atoms. The van der Waals surface area contributed by atoms with Crippen LogP contribution >= 0.6 is 0 Å². The first-order valence-electron chi connectivity index (χ1n) is 13.7. The molecule has 9 heteroatoms. The van der Waals surface area contributed by atoms with Crippen molar-refractivity contribution >= 4 is 34.6 Å². The van der Waals surface area contributed by atoms with Gasteiger partial charge in [-0.3, -0.25) is 9.59 Å². The molecule has 1 unspecified atom stereocenters. The molecule has 1 atom stereocenters. The van der Waals surface area contributed by atoms with Crippen molar-refractivity contribution in [1.82, 2.24) is 20.4 Å². The molecule has 39 heavy (non-hydrogen) atoms. The molecule has 0 saturated heterocycles. The summed E-state index contributed by atoms with van der Waals surface area (Å²) in [6.45, 7) is 9.78. The number of hydrogen-bond donors (Lipinski definition) is 3. The molecule has 2 heterocycles. The van der Waals surface area contributed by atoms with Crippen molar-refractivity contribution in [3.63, 3.8) is 0 Å². The van der Waals surface area contributed by atoms with E-state index in [0.29, 0.717) is 29.1 Å². The molecule has 2 aromatic rings. The van der Waals surface area contributed by atoms with Crippen molar-refractivity contribution in [3.8, 4) is 5.75 Å². The zero-order chi connectivity index (χ0) is 28.1. The number of nitrogens with zero attached hydrogens (tertiary/aromatic N) is 3. The Morgan fingerprint density at radius 3 is 2.59 bits per heavy atom. The van der Waals surface area contributed by atoms with Gasteiger partial charge >= 0.3 is 0 Å². The fourth-order valence-electron chi connectivity index (χ4n) is 4.91. The number of rotatable bonds is 11. The zero-order valence-electron chi connectivity index (χ0n) is 23.8. The Labute approximate surface area is 231 Å². The maximum atomic E-state index is 12.6. The Bertz CT molecular complexity index is 1280.